The lowest BCUT2D eigenvalue weighted by Gasteiger charge is -2.44. The van der Waals surface area contributed by atoms with E-state index in [1.54, 1.807) is 31.4 Å². The topological polar surface area (TPSA) is 62.7 Å². The molecule has 2 heterocycles. The predicted molar refractivity (Wildman–Crippen MR) is 135 cm³/mol. The van der Waals surface area contributed by atoms with Gasteiger partial charge in [0.15, 0.2) is 0 Å². The van der Waals surface area contributed by atoms with E-state index < -0.39 is 35.0 Å². The molecular formula is C30H28F4N2O3. The Morgan fingerprint density at radius 2 is 1.90 bits per heavy atom. The van der Waals surface area contributed by atoms with Crippen LogP contribution in [0.2, 0.25) is 0 Å². The zero-order valence-corrected chi connectivity index (χ0v) is 21.7. The summed E-state index contributed by atoms with van der Waals surface area (Å²) < 4.78 is 63.1. The van der Waals surface area contributed by atoms with Crippen molar-refractivity contribution in [2.24, 2.45) is 11.8 Å². The first-order valence-electron chi connectivity index (χ1n) is 12.9. The number of hydrogen-bond acceptors (Lipinski definition) is 4. The van der Waals surface area contributed by atoms with Gasteiger partial charge in [0.1, 0.15) is 12.4 Å². The van der Waals surface area contributed by atoms with Crippen LogP contribution in [0.4, 0.5) is 17.6 Å². The quantitative estimate of drug-likeness (QED) is 0.396. The Kier molecular flexibility index (Phi) is 5.81. The second-order valence-electron chi connectivity index (χ2n) is 11.6. The second kappa shape index (κ2) is 8.78. The van der Waals surface area contributed by atoms with Crippen LogP contribution in [-0.2, 0) is 29.4 Å². The minimum absolute atomic E-state index is 0.00556. The minimum Gasteiger partial charge on any atom is -0.481 e. The molecule has 204 valence electrons. The summed E-state index contributed by atoms with van der Waals surface area (Å²) in [5.74, 6) is -1.24. The molecule has 3 aliphatic rings. The Hall–Kier alpha value is -3.46. The molecule has 0 spiro atoms. The third-order valence-corrected chi connectivity index (χ3v) is 8.53. The fraction of sp³-hybridized carbons (Fsp3) is 0.400. The molecule has 3 aromatic rings. The van der Waals surface area contributed by atoms with Gasteiger partial charge in [0.2, 0.25) is 5.88 Å². The third kappa shape index (κ3) is 4.27. The standard InChI is InChI=1S/C30H28F4N2O3/c1-29(2)14-36(3)27(17-6-4-5-7-21(17)30(32,33)34)18-9-16(23(31)11-22(18)29)13-39-24-10-15-8-19-25(20(15)12-35-24)26(19)28(37)38/h4-7,9-12,19,25-27H,8,13-14H2,1-3H3,(H,37,38)/t19-,25-,26+,27?/m1/s1. The van der Waals surface area contributed by atoms with Gasteiger partial charge in [-0.1, -0.05) is 32.0 Å². The van der Waals surface area contributed by atoms with Gasteiger partial charge in [-0.05, 0) is 65.4 Å². The number of benzene rings is 2. The van der Waals surface area contributed by atoms with E-state index in [-0.39, 0.29) is 35.5 Å². The molecule has 0 radical (unpaired) electrons. The summed E-state index contributed by atoms with van der Waals surface area (Å²) in [5, 5.41) is 9.32. The molecule has 0 saturated heterocycles. The average Bonchev–Trinajstić information content (AvgIpc) is 3.45. The van der Waals surface area contributed by atoms with Gasteiger partial charge in [0.05, 0.1) is 17.5 Å². The SMILES string of the molecule is CN1CC(C)(C)c2cc(F)c(COc3cc4c(cn3)[C@H]3[C@@H](C4)[C@@H]3C(=O)O)cc2C1c1ccccc1C(F)(F)F. The monoisotopic (exact) mass is 540 g/mol. The molecule has 1 N–H and O–H groups in total. The van der Waals surface area contributed by atoms with Crippen molar-refractivity contribution in [3.63, 3.8) is 0 Å². The summed E-state index contributed by atoms with van der Waals surface area (Å²) in [6.45, 7) is 4.22. The Labute approximate surface area is 223 Å². The molecule has 6 rings (SSSR count). The number of halogens is 4. The van der Waals surface area contributed by atoms with Crippen molar-refractivity contribution in [3.8, 4) is 5.88 Å². The first-order chi connectivity index (χ1) is 18.4. The van der Waals surface area contributed by atoms with Gasteiger partial charge in [-0.15, -0.1) is 0 Å². The number of carboxylic acid groups (broad SMARTS) is 1. The van der Waals surface area contributed by atoms with Crippen molar-refractivity contribution < 1.29 is 32.2 Å². The van der Waals surface area contributed by atoms with E-state index in [9.17, 15) is 23.1 Å². The molecule has 9 heteroatoms. The number of aromatic nitrogens is 1. The highest BCUT2D eigenvalue weighted by atomic mass is 19.4. The van der Waals surface area contributed by atoms with Crippen LogP contribution in [0.5, 0.6) is 5.88 Å². The number of carboxylic acids is 1. The van der Waals surface area contributed by atoms with Gasteiger partial charge in [0, 0.05) is 35.7 Å². The summed E-state index contributed by atoms with van der Waals surface area (Å²) in [4.78, 5) is 17.5. The molecule has 1 aliphatic heterocycles. The van der Waals surface area contributed by atoms with Crippen molar-refractivity contribution in [2.75, 3.05) is 13.6 Å². The third-order valence-electron chi connectivity index (χ3n) is 8.53. The van der Waals surface area contributed by atoms with E-state index in [0.717, 1.165) is 17.2 Å². The van der Waals surface area contributed by atoms with Crippen LogP contribution in [0, 0.1) is 17.7 Å². The van der Waals surface area contributed by atoms with E-state index in [0.29, 0.717) is 30.0 Å². The van der Waals surface area contributed by atoms with Crippen LogP contribution in [0.15, 0.2) is 48.7 Å². The van der Waals surface area contributed by atoms with E-state index in [2.05, 4.69) is 4.98 Å². The first kappa shape index (κ1) is 25.8. The van der Waals surface area contributed by atoms with Crippen molar-refractivity contribution in [3.05, 3.63) is 93.4 Å². The van der Waals surface area contributed by atoms with Crippen molar-refractivity contribution in [1.82, 2.24) is 9.88 Å². The number of hydrogen-bond donors (Lipinski definition) is 1. The minimum atomic E-state index is -4.53. The van der Waals surface area contributed by atoms with E-state index in [1.165, 1.54) is 18.2 Å². The number of rotatable bonds is 5. The van der Waals surface area contributed by atoms with Crippen molar-refractivity contribution in [1.29, 1.82) is 0 Å². The van der Waals surface area contributed by atoms with Crippen molar-refractivity contribution in [2.45, 2.75) is 50.4 Å². The number of likely N-dealkylation sites (N-methyl/N-ethyl adjacent to an activating group) is 1. The zero-order valence-electron chi connectivity index (χ0n) is 21.7. The molecule has 1 unspecified atom stereocenters. The number of carbonyl (C=O) groups is 1. The Morgan fingerprint density at radius 3 is 2.62 bits per heavy atom. The van der Waals surface area contributed by atoms with Gasteiger partial charge in [0.25, 0.3) is 0 Å². The normalized spacial score (nSPS) is 25.0. The second-order valence-corrected chi connectivity index (χ2v) is 11.6. The molecular weight excluding hydrogens is 512 g/mol. The maximum Gasteiger partial charge on any atom is 0.416 e. The zero-order chi connectivity index (χ0) is 27.9. The molecule has 1 aromatic heterocycles. The molecule has 4 atom stereocenters. The largest absolute Gasteiger partial charge is 0.481 e. The van der Waals surface area contributed by atoms with Crippen LogP contribution in [-0.4, -0.2) is 34.6 Å². The predicted octanol–water partition coefficient (Wildman–Crippen LogP) is 6.10. The maximum absolute atomic E-state index is 15.4. The molecule has 0 amide bonds. The van der Waals surface area contributed by atoms with Crippen LogP contribution in [0.3, 0.4) is 0 Å². The number of nitrogens with zero attached hydrogens (tertiary/aromatic N) is 2. The molecule has 1 fully saturated rings. The van der Waals surface area contributed by atoms with E-state index in [1.807, 2.05) is 18.7 Å². The van der Waals surface area contributed by atoms with Crippen LogP contribution >= 0.6 is 0 Å². The molecule has 2 aliphatic carbocycles. The summed E-state index contributed by atoms with van der Waals surface area (Å²) in [6, 6.07) is 9.65. The lowest BCUT2D eigenvalue weighted by atomic mass is 9.73. The molecule has 1 saturated carbocycles. The first-order valence-corrected chi connectivity index (χ1v) is 12.9. The molecule has 39 heavy (non-hydrogen) atoms. The summed E-state index contributed by atoms with van der Waals surface area (Å²) in [5.41, 5.74) is 2.37. The maximum atomic E-state index is 15.4. The average molecular weight is 541 g/mol. The smallest absolute Gasteiger partial charge is 0.416 e. The van der Waals surface area contributed by atoms with E-state index >= 15 is 4.39 Å². The Morgan fingerprint density at radius 1 is 1.15 bits per heavy atom. The highest BCUT2D eigenvalue weighted by Crippen LogP contribution is 2.61. The van der Waals surface area contributed by atoms with Crippen LogP contribution in [0.25, 0.3) is 0 Å². The number of pyridine rings is 1. The van der Waals surface area contributed by atoms with Gasteiger partial charge in [-0.3, -0.25) is 9.69 Å². The molecule has 2 aromatic carbocycles. The van der Waals surface area contributed by atoms with Gasteiger partial charge < -0.3 is 9.84 Å². The summed E-state index contributed by atoms with van der Waals surface area (Å²) in [7, 11) is 1.79. The summed E-state index contributed by atoms with van der Waals surface area (Å²) >= 11 is 0. The number of alkyl halides is 3. The van der Waals surface area contributed by atoms with Crippen molar-refractivity contribution >= 4 is 5.97 Å². The highest BCUT2D eigenvalue weighted by molar-refractivity contribution is 5.77. The molecule has 5 nitrogen and oxygen atoms in total. The van der Waals surface area contributed by atoms with E-state index in [4.69, 9.17) is 4.74 Å². The Bertz CT molecular complexity index is 1490. The molecule has 0 bridgehead atoms. The van der Waals surface area contributed by atoms with Crippen LogP contribution < -0.4 is 4.74 Å². The fourth-order valence-corrected chi connectivity index (χ4v) is 6.83. The number of ether oxygens (including phenoxy) is 1. The lowest BCUT2D eigenvalue weighted by Crippen LogP contribution is -2.44. The summed E-state index contributed by atoms with van der Waals surface area (Å²) in [6.07, 6.45) is -2.24. The number of fused-ring (bicyclic) bond motifs is 4. The van der Waals surface area contributed by atoms with Crippen LogP contribution in [0.1, 0.15) is 64.8 Å². The Balaban J connectivity index is 1.32. The van der Waals surface area contributed by atoms with Gasteiger partial charge in [-0.25, -0.2) is 9.37 Å². The number of aliphatic carboxylic acids is 1. The van der Waals surface area contributed by atoms with Gasteiger partial charge >= 0.3 is 12.1 Å². The fourth-order valence-electron chi connectivity index (χ4n) is 6.83. The lowest BCUT2D eigenvalue weighted by molar-refractivity contribution is -0.139. The highest BCUT2D eigenvalue weighted by Gasteiger charge is 2.60. The van der Waals surface area contributed by atoms with Gasteiger partial charge in [-0.2, -0.15) is 13.2 Å².